The fourth-order valence-corrected chi connectivity index (χ4v) is 3.25. The van der Waals surface area contributed by atoms with Crippen LogP contribution in [0.25, 0.3) is 11.5 Å². The SMILES string of the molecule is O=C(COc1ccc(F)cc1)N1CCC(c2nnc(-c3ccc(F)cc3)o2)CC1. The van der Waals surface area contributed by atoms with Crippen LogP contribution in [-0.2, 0) is 4.79 Å². The normalized spacial score (nSPS) is 14.8. The Hall–Kier alpha value is -3.29. The number of amides is 1. The molecule has 0 atom stereocenters. The van der Waals surface area contributed by atoms with E-state index >= 15 is 0 Å². The van der Waals surface area contributed by atoms with Crippen LogP contribution in [0.3, 0.4) is 0 Å². The molecule has 2 aromatic carbocycles. The van der Waals surface area contributed by atoms with Crippen LogP contribution < -0.4 is 4.74 Å². The largest absolute Gasteiger partial charge is 0.484 e. The predicted octanol–water partition coefficient (Wildman–Crippen LogP) is 3.80. The van der Waals surface area contributed by atoms with Gasteiger partial charge in [0.25, 0.3) is 5.91 Å². The molecule has 2 heterocycles. The molecule has 150 valence electrons. The van der Waals surface area contributed by atoms with Crippen LogP contribution >= 0.6 is 0 Å². The van der Waals surface area contributed by atoms with Crippen molar-refractivity contribution in [2.45, 2.75) is 18.8 Å². The molecule has 3 aromatic rings. The van der Waals surface area contributed by atoms with Gasteiger partial charge in [-0.25, -0.2) is 8.78 Å². The Morgan fingerprint density at radius 2 is 1.62 bits per heavy atom. The maximum Gasteiger partial charge on any atom is 0.260 e. The van der Waals surface area contributed by atoms with Gasteiger partial charge in [0.2, 0.25) is 11.8 Å². The fourth-order valence-electron chi connectivity index (χ4n) is 3.25. The van der Waals surface area contributed by atoms with E-state index in [9.17, 15) is 13.6 Å². The zero-order valence-corrected chi connectivity index (χ0v) is 15.6. The monoisotopic (exact) mass is 399 g/mol. The van der Waals surface area contributed by atoms with Gasteiger partial charge in [0, 0.05) is 24.6 Å². The zero-order chi connectivity index (χ0) is 20.2. The third kappa shape index (κ3) is 4.59. The third-order valence-corrected chi connectivity index (χ3v) is 4.90. The minimum Gasteiger partial charge on any atom is -0.484 e. The number of ether oxygens (including phenoxy) is 1. The zero-order valence-electron chi connectivity index (χ0n) is 15.6. The third-order valence-electron chi connectivity index (χ3n) is 4.90. The number of carbonyl (C=O) groups is 1. The van der Waals surface area contributed by atoms with Crippen molar-refractivity contribution in [2.24, 2.45) is 0 Å². The first-order valence-corrected chi connectivity index (χ1v) is 9.34. The number of halogens is 2. The van der Waals surface area contributed by atoms with Gasteiger partial charge in [-0.3, -0.25) is 4.79 Å². The first kappa shape index (κ1) is 19.0. The first-order chi connectivity index (χ1) is 14.1. The lowest BCUT2D eigenvalue weighted by molar-refractivity contribution is -0.134. The van der Waals surface area contributed by atoms with Crippen molar-refractivity contribution in [1.82, 2.24) is 15.1 Å². The number of likely N-dealkylation sites (tertiary alicyclic amines) is 1. The van der Waals surface area contributed by atoms with Crippen molar-refractivity contribution in [3.05, 3.63) is 66.1 Å². The number of carbonyl (C=O) groups excluding carboxylic acids is 1. The van der Waals surface area contributed by atoms with Crippen LogP contribution in [0.4, 0.5) is 8.78 Å². The Kier molecular flexibility index (Phi) is 5.50. The van der Waals surface area contributed by atoms with E-state index in [-0.39, 0.29) is 30.1 Å². The van der Waals surface area contributed by atoms with E-state index in [0.29, 0.717) is 49.0 Å². The minimum absolute atomic E-state index is 0.0683. The molecule has 0 saturated carbocycles. The van der Waals surface area contributed by atoms with E-state index in [1.807, 2.05) is 0 Å². The van der Waals surface area contributed by atoms with Crippen LogP contribution in [0, 0.1) is 11.6 Å². The summed E-state index contributed by atoms with van der Waals surface area (Å²) < 4.78 is 37.1. The van der Waals surface area contributed by atoms with Gasteiger partial charge >= 0.3 is 0 Å². The summed E-state index contributed by atoms with van der Waals surface area (Å²) in [5.74, 6) is 0.603. The Bertz CT molecular complexity index is 966. The second-order valence-corrected chi connectivity index (χ2v) is 6.85. The van der Waals surface area contributed by atoms with Gasteiger partial charge < -0.3 is 14.1 Å². The molecule has 0 aliphatic carbocycles. The number of hydrogen-bond acceptors (Lipinski definition) is 5. The molecule has 1 aromatic heterocycles. The summed E-state index contributed by atoms with van der Waals surface area (Å²) in [6.07, 6.45) is 1.40. The Morgan fingerprint density at radius 1 is 1.00 bits per heavy atom. The molecule has 0 radical (unpaired) electrons. The highest BCUT2D eigenvalue weighted by Crippen LogP contribution is 2.29. The lowest BCUT2D eigenvalue weighted by Gasteiger charge is -2.30. The van der Waals surface area contributed by atoms with Crippen molar-refractivity contribution in [1.29, 1.82) is 0 Å². The summed E-state index contributed by atoms with van der Waals surface area (Å²) >= 11 is 0. The van der Waals surface area contributed by atoms with Gasteiger partial charge in [-0.05, 0) is 61.4 Å². The molecule has 6 nitrogen and oxygen atoms in total. The van der Waals surface area contributed by atoms with E-state index < -0.39 is 0 Å². The van der Waals surface area contributed by atoms with Crippen molar-refractivity contribution < 1.29 is 22.7 Å². The van der Waals surface area contributed by atoms with Crippen molar-refractivity contribution in [2.75, 3.05) is 19.7 Å². The lowest BCUT2D eigenvalue weighted by Crippen LogP contribution is -2.40. The van der Waals surface area contributed by atoms with Gasteiger partial charge in [-0.15, -0.1) is 10.2 Å². The van der Waals surface area contributed by atoms with Crippen LogP contribution in [0.2, 0.25) is 0 Å². The number of hydrogen-bond donors (Lipinski definition) is 0. The summed E-state index contributed by atoms with van der Waals surface area (Å²) in [5.41, 5.74) is 0.663. The van der Waals surface area contributed by atoms with E-state index in [2.05, 4.69) is 10.2 Å². The molecular formula is C21H19F2N3O3. The van der Waals surface area contributed by atoms with Gasteiger partial charge in [-0.2, -0.15) is 0 Å². The number of piperidine rings is 1. The van der Waals surface area contributed by atoms with Gasteiger partial charge in [-0.1, -0.05) is 0 Å². The van der Waals surface area contributed by atoms with Gasteiger partial charge in [0.15, 0.2) is 6.61 Å². The second kappa shape index (κ2) is 8.38. The molecule has 1 amide bonds. The van der Waals surface area contributed by atoms with Crippen LogP contribution in [0.5, 0.6) is 5.75 Å². The number of aromatic nitrogens is 2. The Labute approximate surface area is 166 Å². The summed E-state index contributed by atoms with van der Waals surface area (Å²) in [7, 11) is 0. The predicted molar refractivity (Wildman–Crippen MR) is 100 cm³/mol. The number of nitrogens with zero attached hydrogens (tertiary/aromatic N) is 3. The molecule has 4 rings (SSSR count). The topological polar surface area (TPSA) is 68.5 Å². The molecular weight excluding hydrogens is 380 g/mol. The van der Waals surface area contributed by atoms with Gasteiger partial charge in [0.1, 0.15) is 17.4 Å². The standard InChI is InChI=1S/C21H19F2N3O3/c22-16-3-1-14(2-4-16)20-24-25-21(29-20)15-9-11-26(12-10-15)19(27)13-28-18-7-5-17(23)6-8-18/h1-8,15H,9-13H2. The van der Waals surface area contributed by atoms with Crippen molar-refractivity contribution >= 4 is 5.91 Å². The summed E-state index contributed by atoms with van der Waals surface area (Å²) in [4.78, 5) is 14.1. The average molecular weight is 399 g/mol. The molecule has 0 spiro atoms. The Balaban J connectivity index is 1.29. The molecule has 0 N–H and O–H groups in total. The van der Waals surface area contributed by atoms with E-state index in [1.54, 1.807) is 17.0 Å². The van der Waals surface area contributed by atoms with Crippen molar-refractivity contribution in [3.8, 4) is 17.2 Å². The van der Waals surface area contributed by atoms with Crippen LogP contribution in [-0.4, -0.2) is 40.7 Å². The molecule has 1 aliphatic rings. The summed E-state index contributed by atoms with van der Waals surface area (Å²) in [6.45, 7) is 1.03. The first-order valence-electron chi connectivity index (χ1n) is 9.34. The maximum atomic E-state index is 13.0. The molecule has 8 heteroatoms. The number of rotatable bonds is 5. The average Bonchev–Trinajstić information content (AvgIpc) is 3.24. The quantitative estimate of drug-likeness (QED) is 0.653. The van der Waals surface area contributed by atoms with Crippen LogP contribution in [0.1, 0.15) is 24.7 Å². The van der Waals surface area contributed by atoms with E-state index in [1.165, 1.54) is 36.4 Å². The molecule has 0 bridgehead atoms. The highest BCUT2D eigenvalue weighted by Gasteiger charge is 2.27. The number of benzene rings is 2. The summed E-state index contributed by atoms with van der Waals surface area (Å²) in [6, 6.07) is 11.4. The molecule has 1 fully saturated rings. The Morgan fingerprint density at radius 3 is 2.28 bits per heavy atom. The molecule has 29 heavy (non-hydrogen) atoms. The highest BCUT2D eigenvalue weighted by atomic mass is 19.1. The van der Waals surface area contributed by atoms with Gasteiger partial charge in [0.05, 0.1) is 0 Å². The summed E-state index contributed by atoms with van der Waals surface area (Å²) in [5, 5.41) is 8.17. The second-order valence-electron chi connectivity index (χ2n) is 6.85. The maximum absolute atomic E-state index is 13.0. The lowest BCUT2D eigenvalue weighted by atomic mass is 9.97. The van der Waals surface area contributed by atoms with E-state index in [0.717, 1.165) is 0 Å². The minimum atomic E-state index is -0.352. The smallest absolute Gasteiger partial charge is 0.260 e. The van der Waals surface area contributed by atoms with Crippen molar-refractivity contribution in [3.63, 3.8) is 0 Å². The molecule has 1 aliphatic heterocycles. The molecule has 0 unspecified atom stereocenters. The van der Waals surface area contributed by atoms with Crippen LogP contribution in [0.15, 0.2) is 52.9 Å². The van der Waals surface area contributed by atoms with E-state index in [4.69, 9.17) is 9.15 Å². The fraction of sp³-hybridized carbons (Fsp3) is 0.286. The molecule has 1 saturated heterocycles. The highest BCUT2D eigenvalue weighted by molar-refractivity contribution is 5.77.